The summed E-state index contributed by atoms with van der Waals surface area (Å²) in [6.07, 6.45) is 8.34. The lowest BCUT2D eigenvalue weighted by molar-refractivity contribution is -0.129. The number of hydrogen-bond donors (Lipinski definition) is 1. The number of nitrogens with zero attached hydrogens (tertiary/aromatic N) is 4. The van der Waals surface area contributed by atoms with Crippen LogP contribution in [0.15, 0.2) is 53.6 Å². The summed E-state index contributed by atoms with van der Waals surface area (Å²) in [4.78, 5) is 28.2. The van der Waals surface area contributed by atoms with Crippen LogP contribution in [0.25, 0.3) is 5.65 Å². The van der Waals surface area contributed by atoms with E-state index < -0.39 is 0 Å². The topological polar surface area (TPSA) is 79.6 Å². The Morgan fingerprint density at radius 3 is 2.72 bits per heavy atom. The summed E-state index contributed by atoms with van der Waals surface area (Å²) in [5.74, 6) is 1.12. The first-order chi connectivity index (χ1) is 15.6. The molecule has 1 aliphatic rings. The van der Waals surface area contributed by atoms with Gasteiger partial charge in [0.15, 0.2) is 5.65 Å². The van der Waals surface area contributed by atoms with Gasteiger partial charge < -0.3 is 10.2 Å². The van der Waals surface area contributed by atoms with Crippen molar-refractivity contribution in [2.45, 2.75) is 49.5 Å². The molecule has 4 rings (SSSR count). The summed E-state index contributed by atoms with van der Waals surface area (Å²) in [6.45, 7) is 0.455. The van der Waals surface area contributed by atoms with Gasteiger partial charge in [-0.25, -0.2) is 0 Å². The van der Waals surface area contributed by atoms with Gasteiger partial charge >= 0.3 is 0 Å². The molecule has 0 saturated heterocycles. The third-order valence-electron chi connectivity index (χ3n) is 6.02. The maximum absolute atomic E-state index is 12.8. The minimum absolute atomic E-state index is 0.121. The normalized spacial score (nSPS) is 14.4. The Balaban J connectivity index is 1.32. The number of pyridine rings is 1. The second-order valence-corrected chi connectivity index (χ2v) is 9.15. The van der Waals surface area contributed by atoms with Crippen LogP contribution in [-0.4, -0.2) is 56.7 Å². The SMILES string of the molecule is CN(C(=O)CSc1ccccc1C(=O)NCCc1nnc2ccccn12)C1CCCCC1. The minimum atomic E-state index is -0.144. The summed E-state index contributed by atoms with van der Waals surface area (Å²) in [6, 6.07) is 13.6. The monoisotopic (exact) mass is 451 g/mol. The first-order valence-corrected chi connectivity index (χ1v) is 12.2. The molecule has 7 nitrogen and oxygen atoms in total. The number of rotatable bonds is 8. The van der Waals surface area contributed by atoms with Crippen molar-refractivity contribution < 1.29 is 9.59 Å². The molecular formula is C24H29N5O2S. The number of aromatic nitrogens is 3. The second-order valence-electron chi connectivity index (χ2n) is 8.13. The fraction of sp³-hybridized carbons (Fsp3) is 0.417. The molecule has 0 radical (unpaired) electrons. The van der Waals surface area contributed by atoms with E-state index in [2.05, 4.69) is 15.5 Å². The van der Waals surface area contributed by atoms with Crippen LogP contribution in [0.3, 0.4) is 0 Å². The zero-order valence-corrected chi connectivity index (χ0v) is 19.2. The van der Waals surface area contributed by atoms with Gasteiger partial charge in [0.25, 0.3) is 5.91 Å². The quantitative estimate of drug-likeness (QED) is 0.530. The fourth-order valence-corrected chi connectivity index (χ4v) is 5.11. The van der Waals surface area contributed by atoms with E-state index in [0.29, 0.717) is 30.3 Å². The van der Waals surface area contributed by atoms with Crippen LogP contribution >= 0.6 is 11.8 Å². The highest BCUT2D eigenvalue weighted by molar-refractivity contribution is 8.00. The van der Waals surface area contributed by atoms with Gasteiger partial charge in [-0.2, -0.15) is 0 Å². The number of carbonyl (C=O) groups excluding carboxylic acids is 2. The molecule has 2 aromatic heterocycles. The predicted octanol–water partition coefficient (Wildman–Crippen LogP) is 3.59. The van der Waals surface area contributed by atoms with Crippen molar-refractivity contribution >= 4 is 29.2 Å². The van der Waals surface area contributed by atoms with Crippen molar-refractivity contribution in [3.63, 3.8) is 0 Å². The van der Waals surface area contributed by atoms with Crippen molar-refractivity contribution in [2.75, 3.05) is 19.3 Å². The molecule has 1 N–H and O–H groups in total. The summed E-state index contributed by atoms with van der Waals surface area (Å²) < 4.78 is 1.92. The molecule has 0 unspecified atom stereocenters. The maximum Gasteiger partial charge on any atom is 0.252 e. The molecule has 1 aromatic carbocycles. The average molecular weight is 452 g/mol. The van der Waals surface area contributed by atoms with Gasteiger partial charge in [-0.1, -0.05) is 37.5 Å². The van der Waals surface area contributed by atoms with E-state index in [1.165, 1.54) is 31.0 Å². The number of hydrogen-bond acceptors (Lipinski definition) is 5. The molecule has 2 amide bonds. The van der Waals surface area contributed by atoms with Gasteiger partial charge in [0.2, 0.25) is 5.91 Å². The average Bonchev–Trinajstić information content (AvgIpc) is 3.26. The molecule has 0 atom stereocenters. The van der Waals surface area contributed by atoms with Gasteiger partial charge in [0.1, 0.15) is 5.82 Å². The van der Waals surface area contributed by atoms with E-state index in [1.807, 2.05) is 58.9 Å². The molecule has 32 heavy (non-hydrogen) atoms. The van der Waals surface area contributed by atoms with Gasteiger partial charge in [-0.05, 0) is 37.1 Å². The van der Waals surface area contributed by atoms with Crippen LogP contribution in [0.1, 0.15) is 48.3 Å². The zero-order chi connectivity index (χ0) is 22.3. The van der Waals surface area contributed by atoms with Crippen LogP contribution in [0.5, 0.6) is 0 Å². The van der Waals surface area contributed by atoms with E-state index in [4.69, 9.17) is 0 Å². The van der Waals surface area contributed by atoms with Gasteiger partial charge in [-0.15, -0.1) is 22.0 Å². The Morgan fingerprint density at radius 1 is 1.09 bits per heavy atom. The summed E-state index contributed by atoms with van der Waals surface area (Å²) in [5, 5.41) is 11.3. The first-order valence-electron chi connectivity index (χ1n) is 11.2. The molecule has 3 aromatic rings. The van der Waals surface area contributed by atoms with Crippen LogP contribution in [-0.2, 0) is 11.2 Å². The van der Waals surface area contributed by atoms with Gasteiger partial charge in [0, 0.05) is 37.1 Å². The van der Waals surface area contributed by atoms with E-state index in [0.717, 1.165) is 29.2 Å². The Bertz CT molecular complexity index is 1080. The molecule has 1 saturated carbocycles. The Labute approximate surface area is 192 Å². The third-order valence-corrected chi connectivity index (χ3v) is 7.08. The van der Waals surface area contributed by atoms with Crippen molar-refractivity contribution in [2.24, 2.45) is 0 Å². The number of amides is 2. The van der Waals surface area contributed by atoms with Gasteiger partial charge in [0.05, 0.1) is 11.3 Å². The second kappa shape index (κ2) is 10.6. The van der Waals surface area contributed by atoms with Gasteiger partial charge in [-0.3, -0.25) is 14.0 Å². The maximum atomic E-state index is 12.8. The molecule has 168 valence electrons. The Kier molecular flexibility index (Phi) is 7.42. The van der Waals surface area contributed by atoms with E-state index in [-0.39, 0.29) is 11.8 Å². The zero-order valence-electron chi connectivity index (χ0n) is 18.4. The summed E-state index contributed by atoms with van der Waals surface area (Å²) >= 11 is 1.43. The Morgan fingerprint density at radius 2 is 1.88 bits per heavy atom. The highest BCUT2D eigenvalue weighted by atomic mass is 32.2. The van der Waals surface area contributed by atoms with E-state index >= 15 is 0 Å². The fourth-order valence-electron chi connectivity index (χ4n) is 4.14. The number of fused-ring (bicyclic) bond motifs is 1. The smallest absolute Gasteiger partial charge is 0.252 e. The summed E-state index contributed by atoms with van der Waals surface area (Å²) in [5.41, 5.74) is 1.38. The van der Waals surface area contributed by atoms with Crippen LogP contribution < -0.4 is 5.32 Å². The molecule has 8 heteroatoms. The number of carbonyl (C=O) groups is 2. The molecule has 0 aliphatic heterocycles. The molecule has 0 bridgehead atoms. The lowest BCUT2D eigenvalue weighted by Gasteiger charge is -2.31. The van der Waals surface area contributed by atoms with E-state index in [1.54, 1.807) is 6.07 Å². The van der Waals surface area contributed by atoms with Crippen LogP contribution in [0.2, 0.25) is 0 Å². The van der Waals surface area contributed by atoms with Crippen LogP contribution in [0.4, 0.5) is 0 Å². The molecule has 0 spiro atoms. The molecule has 2 heterocycles. The van der Waals surface area contributed by atoms with Crippen LogP contribution in [0, 0.1) is 0 Å². The lowest BCUT2D eigenvalue weighted by Crippen LogP contribution is -2.39. The number of nitrogens with one attached hydrogen (secondary N) is 1. The number of benzene rings is 1. The van der Waals surface area contributed by atoms with Crippen molar-refractivity contribution in [3.05, 3.63) is 60.0 Å². The number of thioether (sulfide) groups is 1. The highest BCUT2D eigenvalue weighted by Crippen LogP contribution is 2.25. The largest absolute Gasteiger partial charge is 0.352 e. The third kappa shape index (κ3) is 5.30. The van der Waals surface area contributed by atoms with Crippen molar-refractivity contribution in [1.82, 2.24) is 24.8 Å². The first kappa shape index (κ1) is 22.3. The predicted molar refractivity (Wildman–Crippen MR) is 126 cm³/mol. The van der Waals surface area contributed by atoms with Crippen molar-refractivity contribution in [1.29, 1.82) is 0 Å². The minimum Gasteiger partial charge on any atom is -0.352 e. The standard InChI is InChI=1S/C24H29N5O2S/c1-28(18-9-3-2-4-10-18)23(30)17-32-20-12-6-5-11-19(20)24(31)25-15-14-22-27-26-21-13-7-8-16-29(21)22/h5-8,11-13,16,18H,2-4,9-10,14-15,17H2,1H3,(H,25,31). The van der Waals surface area contributed by atoms with Crippen molar-refractivity contribution in [3.8, 4) is 0 Å². The molecule has 1 aliphatic carbocycles. The summed E-state index contributed by atoms with van der Waals surface area (Å²) in [7, 11) is 1.91. The molecular weight excluding hydrogens is 422 g/mol. The lowest BCUT2D eigenvalue weighted by atomic mass is 9.94. The highest BCUT2D eigenvalue weighted by Gasteiger charge is 2.22. The molecule has 1 fully saturated rings. The van der Waals surface area contributed by atoms with E-state index in [9.17, 15) is 9.59 Å². The Hall–Kier alpha value is -2.87.